The molecule has 0 spiro atoms. The fourth-order valence-electron chi connectivity index (χ4n) is 0.967. The molecule has 70 valence electrons. The molecule has 0 aliphatic carbocycles. The molecule has 0 amide bonds. The van der Waals surface area contributed by atoms with Crippen molar-refractivity contribution in [3.8, 4) is 6.07 Å². The Morgan fingerprint density at radius 2 is 1.85 bits per heavy atom. The second kappa shape index (κ2) is 6.25. The summed E-state index contributed by atoms with van der Waals surface area (Å²) in [7, 11) is 0. The SMILES string of the molecule is CC.CC(C)c1cccc(C#N)c1. The van der Waals surface area contributed by atoms with E-state index in [1.807, 2.05) is 38.1 Å². The molecule has 0 bridgehead atoms. The molecule has 1 rings (SSSR count). The molecule has 0 fully saturated rings. The summed E-state index contributed by atoms with van der Waals surface area (Å²) in [5.74, 6) is 0.503. The molecule has 0 radical (unpaired) electrons. The molecule has 0 saturated heterocycles. The van der Waals surface area contributed by atoms with Gasteiger partial charge in [-0.05, 0) is 23.6 Å². The van der Waals surface area contributed by atoms with Gasteiger partial charge in [0.15, 0.2) is 0 Å². The van der Waals surface area contributed by atoms with Crippen LogP contribution < -0.4 is 0 Å². The first-order valence-electron chi connectivity index (χ1n) is 4.74. The molecule has 1 aromatic carbocycles. The summed E-state index contributed by atoms with van der Waals surface area (Å²) >= 11 is 0. The Bertz CT molecular complexity index is 281. The predicted octanol–water partition coefficient (Wildman–Crippen LogP) is 3.71. The fraction of sp³-hybridized carbons (Fsp3) is 0.417. The van der Waals surface area contributed by atoms with E-state index in [0.29, 0.717) is 5.92 Å². The smallest absolute Gasteiger partial charge is 0.0991 e. The van der Waals surface area contributed by atoms with Gasteiger partial charge in [0.1, 0.15) is 0 Å². The molecule has 1 heteroatoms. The monoisotopic (exact) mass is 175 g/mol. The van der Waals surface area contributed by atoms with Crippen LogP contribution in [-0.2, 0) is 0 Å². The molecular weight excluding hydrogens is 158 g/mol. The van der Waals surface area contributed by atoms with Gasteiger partial charge in [0.25, 0.3) is 0 Å². The summed E-state index contributed by atoms with van der Waals surface area (Å²) in [5.41, 5.74) is 1.97. The highest BCUT2D eigenvalue weighted by atomic mass is 14.2. The van der Waals surface area contributed by atoms with Crippen molar-refractivity contribution in [1.29, 1.82) is 5.26 Å². The van der Waals surface area contributed by atoms with Crippen LogP contribution in [0.1, 0.15) is 44.7 Å². The van der Waals surface area contributed by atoms with Crippen LogP contribution in [0.25, 0.3) is 0 Å². The van der Waals surface area contributed by atoms with Crippen molar-refractivity contribution >= 4 is 0 Å². The third-order valence-corrected chi connectivity index (χ3v) is 1.68. The zero-order valence-corrected chi connectivity index (χ0v) is 8.83. The van der Waals surface area contributed by atoms with Crippen molar-refractivity contribution in [2.75, 3.05) is 0 Å². The third-order valence-electron chi connectivity index (χ3n) is 1.68. The number of hydrogen-bond acceptors (Lipinski definition) is 1. The van der Waals surface area contributed by atoms with E-state index in [1.54, 1.807) is 0 Å². The molecule has 0 aliphatic heterocycles. The minimum atomic E-state index is 0.503. The maximum atomic E-state index is 8.59. The lowest BCUT2D eigenvalue weighted by Gasteiger charge is -2.03. The average Bonchev–Trinajstić information content (AvgIpc) is 2.21. The fourth-order valence-corrected chi connectivity index (χ4v) is 0.967. The second-order valence-electron chi connectivity index (χ2n) is 2.89. The number of benzene rings is 1. The van der Waals surface area contributed by atoms with E-state index in [2.05, 4.69) is 19.9 Å². The van der Waals surface area contributed by atoms with Gasteiger partial charge in [-0.15, -0.1) is 0 Å². The molecule has 0 atom stereocenters. The number of rotatable bonds is 1. The molecule has 0 unspecified atom stereocenters. The summed E-state index contributed by atoms with van der Waals surface area (Å²) in [6.07, 6.45) is 0. The third kappa shape index (κ3) is 3.75. The van der Waals surface area contributed by atoms with E-state index >= 15 is 0 Å². The van der Waals surface area contributed by atoms with E-state index in [4.69, 9.17) is 5.26 Å². The van der Waals surface area contributed by atoms with Crippen LogP contribution in [0, 0.1) is 11.3 Å². The van der Waals surface area contributed by atoms with Crippen LogP contribution in [0.2, 0.25) is 0 Å². The molecular formula is C12H17N. The lowest BCUT2D eigenvalue weighted by Crippen LogP contribution is -1.86. The molecule has 0 heterocycles. The summed E-state index contributed by atoms with van der Waals surface area (Å²) in [6, 6.07) is 9.85. The van der Waals surface area contributed by atoms with Gasteiger partial charge in [0, 0.05) is 0 Å². The van der Waals surface area contributed by atoms with Crippen molar-refractivity contribution in [1.82, 2.24) is 0 Å². The standard InChI is InChI=1S/C10H11N.C2H6/c1-8(2)10-5-3-4-9(6-10)7-11;1-2/h3-6,8H,1-2H3;1-2H3. The molecule has 13 heavy (non-hydrogen) atoms. The molecule has 0 aromatic heterocycles. The lowest BCUT2D eigenvalue weighted by atomic mass is 10.0. The van der Waals surface area contributed by atoms with E-state index < -0.39 is 0 Å². The Morgan fingerprint density at radius 1 is 1.23 bits per heavy atom. The van der Waals surface area contributed by atoms with Crippen molar-refractivity contribution in [3.63, 3.8) is 0 Å². The van der Waals surface area contributed by atoms with Gasteiger partial charge in [-0.3, -0.25) is 0 Å². The average molecular weight is 175 g/mol. The Morgan fingerprint density at radius 3 is 2.31 bits per heavy atom. The molecule has 0 N–H and O–H groups in total. The van der Waals surface area contributed by atoms with E-state index in [-0.39, 0.29) is 0 Å². The van der Waals surface area contributed by atoms with Gasteiger partial charge in [-0.2, -0.15) is 5.26 Å². The lowest BCUT2D eigenvalue weighted by molar-refractivity contribution is 0.866. The van der Waals surface area contributed by atoms with Crippen LogP contribution in [0.5, 0.6) is 0 Å². The quantitative estimate of drug-likeness (QED) is 0.638. The van der Waals surface area contributed by atoms with Crippen LogP contribution in [0.3, 0.4) is 0 Å². The minimum absolute atomic E-state index is 0.503. The minimum Gasteiger partial charge on any atom is -0.192 e. The summed E-state index contributed by atoms with van der Waals surface area (Å²) in [4.78, 5) is 0. The van der Waals surface area contributed by atoms with Gasteiger partial charge in [-0.25, -0.2) is 0 Å². The second-order valence-corrected chi connectivity index (χ2v) is 2.89. The highest BCUT2D eigenvalue weighted by molar-refractivity contribution is 5.33. The number of nitrogens with zero attached hydrogens (tertiary/aromatic N) is 1. The van der Waals surface area contributed by atoms with Crippen molar-refractivity contribution < 1.29 is 0 Å². The van der Waals surface area contributed by atoms with Crippen LogP contribution in [0.15, 0.2) is 24.3 Å². The van der Waals surface area contributed by atoms with Crippen molar-refractivity contribution in [2.45, 2.75) is 33.6 Å². The Kier molecular flexibility index (Phi) is 5.63. The Balaban J connectivity index is 0.000000671. The molecule has 1 aromatic rings. The first-order valence-corrected chi connectivity index (χ1v) is 4.74. The summed E-state index contributed by atoms with van der Waals surface area (Å²) in [5, 5.41) is 8.59. The first kappa shape index (κ1) is 11.7. The zero-order chi connectivity index (χ0) is 10.3. The number of hydrogen-bond donors (Lipinski definition) is 0. The van der Waals surface area contributed by atoms with Gasteiger partial charge >= 0.3 is 0 Å². The maximum Gasteiger partial charge on any atom is 0.0991 e. The first-order chi connectivity index (χ1) is 6.24. The molecule has 0 saturated carbocycles. The topological polar surface area (TPSA) is 23.8 Å². The van der Waals surface area contributed by atoms with E-state index in [0.717, 1.165) is 5.56 Å². The Labute approximate surface area is 81.0 Å². The highest BCUT2D eigenvalue weighted by Crippen LogP contribution is 2.14. The van der Waals surface area contributed by atoms with Crippen LogP contribution in [-0.4, -0.2) is 0 Å². The van der Waals surface area contributed by atoms with Gasteiger partial charge in [0.2, 0.25) is 0 Å². The highest BCUT2D eigenvalue weighted by Gasteiger charge is 1.98. The van der Waals surface area contributed by atoms with Crippen LogP contribution in [0.4, 0.5) is 0 Å². The summed E-state index contributed by atoms with van der Waals surface area (Å²) < 4.78 is 0. The predicted molar refractivity (Wildman–Crippen MR) is 56.6 cm³/mol. The maximum absolute atomic E-state index is 8.59. The van der Waals surface area contributed by atoms with Gasteiger partial charge in [-0.1, -0.05) is 39.8 Å². The zero-order valence-electron chi connectivity index (χ0n) is 8.83. The van der Waals surface area contributed by atoms with Crippen molar-refractivity contribution in [2.24, 2.45) is 0 Å². The Hall–Kier alpha value is -1.29. The largest absolute Gasteiger partial charge is 0.192 e. The van der Waals surface area contributed by atoms with E-state index in [1.165, 1.54) is 5.56 Å². The van der Waals surface area contributed by atoms with Crippen LogP contribution >= 0.6 is 0 Å². The normalized spacial score (nSPS) is 8.62. The van der Waals surface area contributed by atoms with Gasteiger partial charge in [0.05, 0.1) is 11.6 Å². The molecule has 1 nitrogen and oxygen atoms in total. The van der Waals surface area contributed by atoms with Crippen molar-refractivity contribution in [3.05, 3.63) is 35.4 Å². The molecule has 0 aliphatic rings. The number of nitriles is 1. The van der Waals surface area contributed by atoms with Gasteiger partial charge < -0.3 is 0 Å². The summed E-state index contributed by atoms with van der Waals surface area (Å²) in [6.45, 7) is 8.24. The van der Waals surface area contributed by atoms with E-state index in [9.17, 15) is 0 Å².